The molecule has 0 fully saturated rings. The minimum atomic E-state index is 0.503. The Labute approximate surface area is 75.9 Å². The zero-order valence-electron chi connectivity index (χ0n) is 6.42. The Kier molecular flexibility index (Phi) is 8.19. The van der Waals surface area contributed by atoms with E-state index in [0.29, 0.717) is 19.6 Å². The van der Waals surface area contributed by atoms with Crippen molar-refractivity contribution in [2.24, 2.45) is 0 Å². The fraction of sp³-hybridized carbons (Fsp3) is 0.833. The minimum absolute atomic E-state index is 0.503. The molecule has 0 N–H and O–H groups in total. The summed E-state index contributed by atoms with van der Waals surface area (Å²) in [5.41, 5.74) is 0. The molecule has 0 aliphatic heterocycles. The van der Waals surface area contributed by atoms with Gasteiger partial charge in [0.2, 0.25) is 0 Å². The van der Waals surface area contributed by atoms with Gasteiger partial charge in [0.25, 0.3) is 0 Å². The van der Waals surface area contributed by atoms with Gasteiger partial charge in [0.1, 0.15) is 0 Å². The van der Waals surface area contributed by atoms with Gasteiger partial charge < -0.3 is 4.74 Å². The normalized spacial score (nSPS) is 10.0. The zero-order valence-corrected chi connectivity index (χ0v) is 7.99. The SMILES string of the molecule is COCCN(CCC#N)SCl. The molecule has 0 aliphatic rings. The van der Waals surface area contributed by atoms with Crippen LogP contribution >= 0.6 is 21.8 Å². The molecule has 0 bridgehead atoms. The lowest BCUT2D eigenvalue weighted by molar-refractivity contribution is 0.183. The fourth-order valence-corrected chi connectivity index (χ4v) is 1.27. The van der Waals surface area contributed by atoms with E-state index < -0.39 is 0 Å². The number of hydrogen-bond acceptors (Lipinski definition) is 4. The summed E-state index contributed by atoms with van der Waals surface area (Å²) < 4.78 is 6.74. The molecule has 0 aliphatic carbocycles. The molecule has 0 radical (unpaired) electrons. The van der Waals surface area contributed by atoms with Gasteiger partial charge in [-0.25, -0.2) is 4.31 Å². The fourth-order valence-electron chi connectivity index (χ4n) is 0.549. The molecule has 0 amide bonds. The largest absolute Gasteiger partial charge is 0.383 e. The average Bonchev–Trinajstić information content (AvgIpc) is 2.05. The minimum Gasteiger partial charge on any atom is -0.383 e. The first-order chi connectivity index (χ1) is 5.35. The van der Waals surface area contributed by atoms with Gasteiger partial charge in [-0.1, -0.05) is 0 Å². The number of hydrogen-bond donors (Lipinski definition) is 0. The van der Waals surface area contributed by atoms with E-state index in [1.165, 1.54) is 0 Å². The van der Waals surface area contributed by atoms with E-state index in [4.69, 9.17) is 20.7 Å². The summed E-state index contributed by atoms with van der Waals surface area (Å²) in [6.07, 6.45) is 0.503. The quantitative estimate of drug-likeness (QED) is 0.603. The molecule has 0 atom stereocenters. The van der Waals surface area contributed by atoms with Gasteiger partial charge in [-0.2, -0.15) is 5.26 Å². The van der Waals surface area contributed by atoms with Crippen molar-refractivity contribution in [1.82, 2.24) is 4.31 Å². The van der Waals surface area contributed by atoms with Gasteiger partial charge in [-0.05, 0) is 10.7 Å². The number of methoxy groups -OCH3 is 1. The Hall–Kier alpha value is 0.0500. The first-order valence-electron chi connectivity index (χ1n) is 3.24. The molecule has 0 aromatic carbocycles. The summed E-state index contributed by atoms with van der Waals surface area (Å²) in [4.78, 5) is 0. The van der Waals surface area contributed by atoms with E-state index in [0.717, 1.165) is 17.7 Å². The lowest BCUT2D eigenvalue weighted by Crippen LogP contribution is -2.20. The smallest absolute Gasteiger partial charge is 0.0635 e. The van der Waals surface area contributed by atoms with Crippen LogP contribution in [0.15, 0.2) is 0 Å². The summed E-state index contributed by atoms with van der Waals surface area (Å²) in [5, 5.41) is 8.28. The first-order valence-corrected chi connectivity index (χ1v) is 4.84. The molecule has 0 unspecified atom stereocenters. The van der Waals surface area contributed by atoms with Crippen molar-refractivity contribution < 1.29 is 4.74 Å². The lowest BCUT2D eigenvalue weighted by atomic mass is 10.4. The van der Waals surface area contributed by atoms with Gasteiger partial charge >= 0.3 is 0 Å². The molecule has 0 spiro atoms. The molecule has 0 aromatic heterocycles. The third-order valence-electron chi connectivity index (χ3n) is 1.12. The summed E-state index contributed by atoms with van der Waals surface area (Å²) in [5.74, 6) is 0. The molecule has 5 heteroatoms. The maximum Gasteiger partial charge on any atom is 0.0635 e. The predicted molar refractivity (Wildman–Crippen MR) is 47.1 cm³/mol. The van der Waals surface area contributed by atoms with Gasteiger partial charge in [-0.3, -0.25) is 0 Å². The Morgan fingerprint density at radius 2 is 2.36 bits per heavy atom. The summed E-state index contributed by atoms with van der Waals surface area (Å²) in [6, 6.07) is 2.05. The molecule has 0 saturated heterocycles. The van der Waals surface area contributed by atoms with Crippen LogP contribution in [0, 0.1) is 11.3 Å². The third-order valence-corrected chi connectivity index (χ3v) is 2.26. The highest BCUT2D eigenvalue weighted by atomic mass is 35.7. The second-order valence-corrected chi connectivity index (χ2v) is 2.97. The van der Waals surface area contributed by atoms with Crippen LogP contribution in [0.2, 0.25) is 0 Å². The first kappa shape index (κ1) is 11.1. The summed E-state index contributed by atoms with van der Waals surface area (Å²) in [6.45, 7) is 2.09. The topological polar surface area (TPSA) is 36.3 Å². The highest BCUT2D eigenvalue weighted by Crippen LogP contribution is 2.13. The van der Waals surface area contributed by atoms with E-state index in [2.05, 4.69) is 6.07 Å². The lowest BCUT2D eigenvalue weighted by Gasteiger charge is -2.14. The number of nitriles is 1. The van der Waals surface area contributed by atoms with Gasteiger partial charge in [0, 0.05) is 37.8 Å². The molecule has 11 heavy (non-hydrogen) atoms. The Morgan fingerprint density at radius 3 is 2.82 bits per heavy atom. The maximum absolute atomic E-state index is 8.28. The Bertz CT molecular complexity index is 128. The molecule has 0 aromatic rings. The molecule has 64 valence electrons. The van der Waals surface area contributed by atoms with Crippen LogP contribution in [0.5, 0.6) is 0 Å². The zero-order chi connectivity index (χ0) is 8.53. The van der Waals surface area contributed by atoms with Crippen molar-refractivity contribution in [3.8, 4) is 6.07 Å². The van der Waals surface area contributed by atoms with Crippen molar-refractivity contribution in [3.05, 3.63) is 0 Å². The van der Waals surface area contributed by atoms with Crippen LogP contribution in [0.4, 0.5) is 0 Å². The van der Waals surface area contributed by atoms with Crippen LogP contribution in [-0.2, 0) is 4.74 Å². The summed E-state index contributed by atoms with van der Waals surface area (Å²) in [7, 11) is 7.16. The van der Waals surface area contributed by atoms with E-state index in [1.54, 1.807) is 7.11 Å². The van der Waals surface area contributed by atoms with Crippen molar-refractivity contribution in [2.75, 3.05) is 26.8 Å². The third kappa shape index (κ3) is 6.45. The second-order valence-electron chi connectivity index (χ2n) is 1.90. The van der Waals surface area contributed by atoms with Crippen molar-refractivity contribution >= 4 is 21.8 Å². The number of rotatable bonds is 6. The standard InChI is InChI=1S/C6H11ClN2OS/c1-10-6-5-9(11-7)4-2-3-8/h2,4-6H2,1H3. The van der Waals surface area contributed by atoms with Crippen LogP contribution < -0.4 is 0 Å². The Morgan fingerprint density at radius 1 is 1.64 bits per heavy atom. The van der Waals surface area contributed by atoms with Crippen molar-refractivity contribution in [2.45, 2.75) is 6.42 Å². The highest BCUT2D eigenvalue weighted by Gasteiger charge is 2.02. The monoisotopic (exact) mass is 194 g/mol. The van der Waals surface area contributed by atoms with E-state index in [1.807, 2.05) is 4.31 Å². The number of ether oxygens (including phenoxy) is 1. The van der Waals surface area contributed by atoms with Crippen LogP contribution in [0.3, 0.4) is 0 Å². The van der Waals surface area contributed by atoms with Crippen LogP contribution in [-0.4, -0.2) is 31.1 Å². The maximum atomic E-state index is 8.28. The summed E-state index contributed by atoms with van der Waals surface area (Å²) >= 11 is 1.12. The van der Waals surface area contributed by atoms with E-state index >= 15 is 0 Å². The van der Waals surface area contributed by atoms with Gasteiger partial charge in [0.15, 0.2) is 0 Å². The molecule has 0 heterocycles. The van der Waals surface area contributed by atoms with Gasteiger partial charge in [-0.15, -0.1) is 0 Å². The molecular weight excluding hydrogens is 184 g/mol. The van der Waals surface area contributed by atoms with Crippen molar-refractivity contribution in [1.29, 1.82) is 5.26 Å². The second kappa shape index (κ2) is 8.15. The molecule has 0 rings (SSSR count). The number of halogens is 1. The highest BCUT2D eigenvalue weighted by molar-refractivity contribution is 8.19. The molecule has 0 saturated carbocycles. The number of nitrogens with zero attached hydrogens (tertiary/aromatic N) is 2. The van der Waals surface area contributed by atoms with Gasteiger partial charge in [0.05, 0.1) is 12.7 Å². The predicted octanol–water partition coefficient (Wildman–Crippen LogP) is 1.65. The Balaban J connectivity index is 3.34. The van der Waals surface area contributed by atoms with E-state index in [-0.39, 0.29) is 0 Å². The van der Waals surface area contributed by atoms with E-state index in [9.17, 15) is 0 Å². The molecule has 3 nitrogen and oxygen atoms in total. The van der Waals surface area contributed by atoms with Crippen LogP contribution in [0.25, 0.3) is 0 Å². The molecular formula is C6H11ClN2OS. The average molecular weight is 195 g/mol. The van der Waals surface area contributed by atoms with Crippen LogP contribution in [0.1, 0.15) is 6.42 Å². The van der Waals surface area contributed by atoms with Crippen molar-refractivity contribution in [3.63, 3.8) is 0 Å².